The summed E-state index contributed by atoms with van der Waals surface area (Å²) in [6.45, 7) is 3.82. The number of carbonyl (C=O) groups excluding carboxylic acids is 1. The lowest BCUT2D eigenvalue weighted by atomic mass is 9.95. The van der Waals surface area contributed by atoms with Crippen molar-refractivity contribution in [1.29, 1.82) is 0 Å². The Morgan fingerprint density at radius 1 is 1.35 bits per heavy atom. The molecule has 0 atom stereocenters. The summed E-state index contributed by atoms with van der Waals surface area (Å²) < 4.78 is 0. The molecule has 4 N–H and O–H groups in total. The van der Waals surface area contributed by atoms with E-state index in [1.54, 1.807) is 13.8 Å². The Morgan fingerprint density at radius 3 is 2.59 bits per heavy atom. The maximum atomic E-state index is 11.7. The number of nitrogens with one attached hydrogen (secondary N) is 1. The van der Waals surface area contributed by atoms with Crippen molar-refractivity contribution in [1.82, 2.24) is 5.32 Å². The van der Waals surface area contributed by atoms with Crippen LogP contribution in [-0.2, 0) is 0 Å². The second-order valence-electron chi connectivity index (χ2n) is 4.68. The number of para-hydroxylation sites is 1. The first-order valence-electron chi connectivity index (χ1n) is 5.27. The van der Waals surface area contributed by atoms with Crippen molar-refractivity contribution in [3.05, 3.63) is 23.8 Å². The van der Waals surface area contributed by atoms with E-state index in [1.807, 2.05) is 0 Å². The molecule has 0 spiro atoms. The van der Waals surface area contributed by atoms with Crippen LogP contribution in [0.5, 0.6) is 11.5 Å². The molecule has 0 aromatic heterocycles. The molecular weight excluding hydrogens is 222 g/mol. The monoisotopic (exact) mass is 239 g/mol. The minimum Gasteiger partial charge on any atom is -0.504 e. The Bertz CT molecular complexity index is 415. The van der Waals surface area contributed by atoms with E-state index in [9.17, 15) is 15.0 Å². The standard InChI is InChI=1S/C12H17NO4/c1-12(2,7-14)6-13-11(17)8-4-3-5-9(15)10(8)16/h3-5,14-16H,6-7H2,1-2H3,(H,13,17). The molecule has 0 aliphatic rings. The number of hydrogen-bond acceptors (Lipinski definition) is 4. The number of hydrogen-bond donors (Lipinski definition) is 4. The Kier molecular flexibility index (Phi) is 3.96. The second kappa shape index (κ2) is 5.05. The highest BCUT2D eigenvalue weighted by Crippen LogP contribution is 2.28. The molecule has 0 unspecified atom stereocenters. The predicted octanol–water partition coefficient (Wildman–Crippen LogP) is 0.846. The number of phenolic OH excluding ortho intramolecular Hbond substituents is 2. The molecule has 0 saturated heterocycles. The highest BCUT2D eigenvalue weighted by atomic mass is 16.3. The zero-order chi connectivity index (χ0) is 13.1. The third kappa shape index (κ3) is 3.35. The van der Waals surface area contributed by atoms with Crippen LogP contribution in [0.15, 0.2) is 18.2 Å². The van der Waals surface area contributed by atoms with E-state index < -0.39 is 17.1 Å². The van der Waals surface area contributed by atoms with Crippen LogP contribution in [0, 0.1) is 5.41 Å². The van der Waals surface area contributed by atoms with Gasteiger partial charge in [0.15, 0.2) is 11.5 Å². The van der Waals surface area contributed by atoms with E-state index in [1.165, 1.54) is 18.2 Å². The molecule has 0 radical (unpaired) electrons. The summed E-state index contributed by atoms with van der Waals surface area (Å²) >= 11 is 0. The number of rotatable bonds is 4. The molecule has 0 aliphatic heterocycles. The molecule has 1 amide bonds. The van der Waals surface area contributed by atoms with E-state index in [-0.39, 0.29) is 24.5 Å². The highest BCUT2D eigenvalue weighted by molar-refractivity contribution is 5.97. The van der Waals surface area contributed by atoms with Crippen LogP contribution in [0.2, 0.25) is 0 Å². The van der Waals surface area contributed by atoms with Crippen molar-refractivity contribution in [3.63, 3.8) is 0 Å². The average Bonchev–Trinajstić information content (AvgIpc) is 2.30. The smallest absolute Gasteiger partial charge is 0.255 e. The third-order valence-corrected chi connectivity index (χ3v) is 2.41. The summed E-state index contributed by atoms with van der Waals surface area (Å²) in [6, 6.07) is 4.18. The lowest BCUT2D eigenvalue weighted by molar-refractivity contribution is 0.0908. The van der Waals surface area contributed by atoms with Crippen molar-refractivity contribution in [3.8, 4) is 11.5 Å². The maximum Gasteiger partial charge on any atom is 0.255 e. The highest BCUT2D eigenvalue weighted by Gasteiger charge is 2.19. The lowest BCUT2D eigenvalue weighted by Gasteiger charge is -2.21. The Hall–Kier alpha value is -1.75. The maximum absolute atomic E-state index is 11.7. The van der Waals surface area contributed by atoms with Crippen molar-refractivity contribution in [2.24, 2.45) is 5.41 Å². The number of benzene rings is 1. The van der Waals surface area contributed by atoms with E-state index in [2.05, 4.69) is 5.32 Å². The average molecular weight is 239 g/mol. The molecule has 5 heteroatoms. The van der Waals surface area contributed by atoms with E-state index in [4.69, 9.17) is 5.11 Å². The van der Waals surface area contributed by atoms with Crippen LogP contribution in [0.25, 0.3) is 0 Å². The van der Waals surface area contributed by atoms with Crippen LogP contribution in [-0.4, -0.2) is 34.4 Å². The van der Waals surface area contributed by atoms with Crippen LogP contribution in [0.3, 0.4) is 0 Å². The summed E-state index contributed by atoms with van der Waals surface area (Å²) in [5, 5.41) is 30.4. The first-order valence-corrected chi connectivity index (χ1v) is 5.27. The van der Waals surface area contributed by atoms with Gasteiger partial charge in [-0.05, 0) is 12.1 Å². The molecule has 0 heterocycles. The molecule has 1 aromatic carbocycles. The van der Waals surface area contributed by atoms with Crippen molar-refractivity contribution in [2.45, 2.75) is 13.8 Å². The number of phenols is 2. The molecular formula is C12H17NO4. The topological polar surface area (TPSA) is 89.8 Å². The summed E-state index contributed by atoms with van der Waals surface area (Å²) in [6.07, 6.45) is 0. The predicted molar refractivity (Wildman–Crippen MR) is 63.0 cm³/mol. The normalized spacial score (nSPS) is 11.2. The Balaban J connectivity index is 2.74. The second-order valence-corrected chi connectivity index (χ2v) is 4.68. The summed E-state index contributed by atoms with van der Waals surface area (Å²) in [4.78, 5) is 11.7. The lowest BCUT2D eigenvalue weighted by Crippen LogP contribution is -2.36. The zero-order valence-electron chi connectivity index (χ0n) is 9.90. The van der Waals surface area contributed by atoms with Crippen LogP contribution in [0.4, 0.5) is 0 Å². The van der Waals surface area contributed by atoms with Crippen molar-refractivity contribution >= 4 is 5.91 Å². The minimum absolute atomic E-state index is 0.0127. The first-order chi connectivity index (χ1) is 7.87. The van der Waals surface area contributed by atoms with Crippen molar-refractivity contribution < 1.29 is 20.1 Å². The van der Waals surface area contributed by atoms with Gasteiger partial charge in [0.1, 0.15) is 0 Å². The molecule has 1 aromatic rings. The van der Waals surface area contributed by atoms with Crippen LogP contribution in [0.1, 0.15) is 24.2 Å². The van der Waals surface area contributed by atoms with Gasteiger partial charge in [0, 0.05) is 18.6 Å². The quantitative estimate of drug-likeness (QED) is 0.586. The van der Waals surface area contributed by atoms with E-state index >= 15 is 0 Å². The molecule has 1 rings (SSSR count). The van der Waals surface area contributed by atoms with Crippen LogP contribution >= 0.6 is 0 Å². The van der Waals surface area contributed by atoms with Gasteiger partial charge in [0.05, 0.1) is 5.56 Å². The Morgan fingerprint density at radius 2 is 2.00 bits per heavy atom. The molecule has 0 aliphatic carbocycles. The fourth-order valence-corrected chi connectivity index (χ4v) is 1.19. The van der Waals surface area contributed by atoms with Gasteiger partial charge in [-0.3, -0.25) is 4.79 Å². The molecule has 5 nitrogen and oxygen atoms in total. The van der Waals surface area contributed by atoms with Gasteiger partial charge in [-0.2, -0.15) is 0 Å². The zero-order valence-corrected chi connectivity index (χ0v) is 9.90. The summed E-state index contributed by atoms with van der Waals surface area (Å²) in [5.41, 5.74) is -0.416. The summed E-state index contributed by atoms with van der Waals surface area (Å²) in [5.74, 6) is -1.26. The molecule has 0 bridgehead atoms. The van der Waals surface area contributed by atoms with Gasteiger partial charge in [0.25, 0.3) is 5.91 Å². The van der Waals surface area contributed by atoms with E-state index in [0.29, 0.717) is 0 Å². The molecule has 0 fully saturated rings. The Labute approximate surface area is 99.7 Å². The number of aliphatic hydroxyl groups excluding tert-OH is 1. The SMILES string of the molecule is CC(C)(CO)CNC(=O)c1cccc(O)c1O. The number of aromatic hydroxyl groups is 2. The van der Waals surface area contributed by atoms with Gasteiger partial charge in [-0.15, -0.1) is 0 Å². The van der Waals surface area contributed by atoms with Gasteiger partial charge >= 0.3 is 0 Å². The fraction of sp³-hybridized carbons (Fsp3) is 0.417. The molecule has 94 valence electrons. The third-order valence-electron chi connectivity index (χ3n) is 2.41. The summed E-state index contributed by atoms with van der Waals surface area (Å²) in [7, 11) is 0. The molecule has 17 heavy (non-hydrogen) atoms. The van der Waals surface area contributed by atoms with Gasteiger partial charge in [-0.25, -0.2) is 0 Å². The van der Waals surface area contributed by atoms with E-state index in [0.717, 1.165) is 0 Å². The largest absolute Gasteiger partial charge is 0.504 e. The van der Waals surface area contributed by atoms with Crippen LogP contribution < -0.4 is 5.32 Å². The van der Waals surface area contributed by atoms with Gasteiger partial charge in [-0.1, -0.05) is 19.9 Å². The first kappa shape index (κ1) is 13.3. The van der Waals surface area contributed by atoms with Gasteiger partial charge in [0.2, 0.25) is 0 Å². The van der Waals surface area contributed by atoms with Gasteiger partial charge < -0.3 is 20.6 Å². The minimum atomic E-state index is -0.486. The number of aliphatic hydroxyl groups is 1. The number of carbonyl (C=O) groups is 1. The molecule has 0 saturated carbocycles. The number of amides is 1. The fourth-order valence-electron chi connectivity index (χ4n) is 1.19. The van der Waals surface area contributed by atoms with Crippen molar-refractivity contribution in [2.75, 3.05) is 13.2 Å².